The first-order valence-corrected chi connectivity index (χ1v) is 11.4. The highest BCUT2D eigenvalue weighted by atomic mass is 16.5. The molecule has 7 nitrogen and oxygen atoms in total. The fourth-order valence-electron chi connectivity index (χ4n) is 6.49. The Bertz CT molecular complexity index is 930. The number of aryl methyl sites for hydroxylation is 2. The molecule has 4 aliphatic rings. The Morgan fingerprint density at radius 1 is 1.00 bits per heavy atom. The van der Waals surface area contributed by atoms with Crippen molar-refractivity contribution in [1.29, 1.82) is 0 Å². The summed E-state index contributed by atoms with van der Waals surface area (Å²) in [5.74, 6) is 3.03. The van der Waals surface area contributed by atoms with Gasteiger partial charge in [0, 0.05) is 24.8 Å². The minimum Gasteiger partial charge on any atom is -0.339 e. The maximum absolute atomic E-state index is 12.5. The number of hydrogen-bond acceptors (Lipinski definition) is 5. The lowest BCUT2D eigenvalue weighted by Gasteiger charge is -2.56. The van der Waals surface area contributed by atoms with E-state index in [-0.39, 0.29) is 23.7 Å². The Morgan fingerprint density at radius 3 is 2.26 bits per heavy atom. The second-order valence-corrected chi connectivity index (χ2v) is 10.1. The van der Waals surface area contributed by atoms with Crippen LogP contribution < -0.4 is 10.9 Å². The normalized spacial score (nSPS) is 28.5. The van der Waals surface area contributed by atoms with Gasteiger partial charge in [0.25, 0.3) is 0 Å². The Kier molecular flexibility index (Phi) is 5.28. The smallest absolute Gasteiger partial charge is 0.238 e. The molecule has 2 aromatic rings. The van der Waals surface area contributed by atoms with Crippen LogP contribution in [-0.2, 0) is 16.0 Å². The molecule has 4 bridgehead atoms. The van der Waals surface area contributed by atoms with E-state index in [0.717, 1.165) is 28.9 Å². The minimum atomic E-state index is -0.256. The van der Waals surface area contributed by atoms with Gasteiger partial charge in [-0.1, -0.05) is 35.0 Å². The number of benzene rings is 1. The summed E-state index contributed by atoms with van der Waals surface area (Å²) in [6.45, 7) is 2.02. The van der Waals surface area contributed by atoms with E-state index in [9.17, 15) is 9.59 Å². The third kappa shape index (κ3) is 4.50. The zero-order valence-electron chi connectivity index (χ0n) is 18.0. The van der Waals surface area contributed by atoms with Crippen LogP contribution in [0.15, 0.2) is 28.8 Å². The van der Waals surface area contributed by atoms with Gasteiger partial charge in [-0.2, -0.15) is 4.98 Å². The molecule has 4 saturated carbocycles. The zero-order valence-corrected chi connectivity index (χ0v) is 18.0. The van der Waals surface area contributed by atoms with E-state index in [4.69, 9.17) is 4.52 Å². The standard InChI is InChI=1S/C24H30N4O3/c1-15-2-4-19(5-3-15)23-25-22(31-28-23)7-6-20(29)26-27-21(30)14-24-11-16-8-17(12-24)10-18(9-16)13-24/h2-5,16-18H,6-14H2,1H3,(H,26,29)(H,27,30). The second kappa shape index (κ2) is 8.09. The molecule has 0 atom stereocenters. The summed E-state index contributed by atoms with van der Waals surface area (Å²) in [7, 11) is 0. The molecule has 2 amide bonds. The molecule has 1 aromatic carbocycles. The van der Waals surface area contributed by atoms with Crippen molar-refractivity contribution < 1.29 is 14.1 Å². The first kappa shape index (κ1) is 20.2. The lowest BCUT2D eigenvalue weighted by atomic mass is 9.49. The SMILES string of the molecule is Cc1ccc(-c2noc(CCC(=O)NNC(=O)CC34CC5CC(CC(C5)C3)C4)n2)cc1. The van der Waals surface area contributed by atoms with Crippen LogP contribution in [0.2, 0.25) is 0 Å². The van der Waals surface area contributed by atoms with Gasteiger partial charge in [-0.05, 0) is 68.6 Å². The molecule has 1 heterocycles. The molecule has 0 radical (unpaired) electrons. The lowest BCUT2D eigenvalue weighted by molar-refractivity contribution is -0.134. The number of carbonyl (C=O) groups is 2. The van der Waals surface area contributed by atoms with Gasteiger partial charge in [-0.3, -0.25) is 20.4 Å². The fourth-order valence-corrected chi connectivity index (χ4v) is 6.49. The second-order valence-electron chi connectivity index (χ2n) is 10.1. The van der Waals surface area contributed by atoms with Crippen LogP contribution in [-0.4, -0.2) is 22.0 Å². The van der Waals surface area contributed by atoms with Crippen LogP contribution in [0, 0.1) is 30.1 Å². The van der Waals surface area contributed by atoms with E-state index in [1.807, 2.05) is 31.2 Å². The lowest BCUT2D eigenvalue weighted by Crippen LogP contribution is -2.50. The maximum atomic E-state index is 12.5. The predicted octanol–water partition coefficient (Wildman–Crippen LogP) is 3.73. The van der Waals surface area contributed by atoms with Crippen LogP contribution in [0.3, 0.4) is 0 Å². The van der Waals surface area contributed by atoms with Crippen molar-refractivity contribution in [2.75, 3.05) is 0 Å². The quantitative estimate of drug-likeness (QED) is 0.692. The number of rotatable bonds is 6. The molecule has 2 N–H and O–H groups in total. The van der Waals surface area contributed by atoms with E-state index in [0.29, 0.717) is 24.6 Å². The molecular formula is C24H30N4O3. The summed E-state index contributed by atoms with van der Waals surface area (Å²) < 4.78 is 5.26. The van der Waals surface area contributed by atoms with E-state index in [1.165, 1.54) is 38.5 Å². The van der Waals surface area contributed by atoms with Crippen molar-refractivity contribution >= 4 is 11.8 Å². The Morgan fingerprint density at radius 2 is 1.61 bits per heavy atom. The third-order valence-corrected chi connectivity index (χ3v) is 7.39. The van der Waals surface area contributed by atoms with Crippen molar-refractivity contribution in [3.8, 4) is 11.4 Å². The van der Waals surface area contributed by atoms with E-state index in [2.05, 4.69) is 21.0 Å². The van der Waals surface area contributed by atoms with Gasteiger partial charge in [0.2, 0.25) is 23.5 Å². The van der Waals surface area contributed by atoms with Crippen LogP contribution in [0.1, 0.15) is 62.8 Å². The Hall–Kier alpha value is -2.70. The summed E-state index contributed by atoms with van der Waals surface area (Å²) in [6, 6.07) is 7.86. The highest BCUT2D eigenvalue weighted by Gasteiger charge is 2.51. The molecule has 7 heteroatoms. The van der Waals surface area contributed by atoms with Crippen LogP contribution in [0.4, 0.5) is 0 Å². The number of carbonyl (C=O) groups excluding carboxylic acids is 2. The fraction of sp³-hybridized carbons (Fsp3) is 0.583. The average Bonchev–Trinajstić information content (AvgIpc) is 3.19. The van der Waals surface area contributed by atoms with Gasteiger partial charge >= 0.3 is 0 Å². The van der Waals surface area contributed by atoms with Crippen molar-refractivity contribution in [2.45, 2.75) is 64.7 Å². The largest absolute Gasteiger partial charge is 0.339 e. The molecule has 6 rings (SSSR count). The Labute approximate surface area is 182 Å². The molecule has 0 saturated heterocycles. The van der Waals surface area contributed by atoms with Gasteiger partial charge < -0.3 is 4.52 Å². The topological polar surface area (TPSA) is 97.1 Å². The molecule has 164 valence electrons. The summed E-state index contributed by atoms with van der Waals surface area (Å²) in [4.78, 5) is 29.1. The molecular weight excluding hydrogens is 392 g/mol. The third-order valence-electron chi connectivity index (χ3n) is 7.39. The zero-order chi connectivity index (χ0) is 21.4. The van der Waals surface area contributed by atoms with Crippen molar-refractivity contribution in [3.05, 3.63) is 35.7 Å². The monoisotopic (exact) mass is 422 g/mol. The van der Waals surface area contributed by atoms with E-state index >= 15 is 0 Å². The van der Waals surface area contributed by atoms with Crippen molar-refractivity contribution in [3.63, 3.8) is 0 Å². The molecule has 4 fully saturated rings. The van der Waals surface area contributed by atoms with Gasteiger partial charge in [-0.15, -0.1) is 0 Å². The number of nitrogens with zero attached hydrogens (tertiary/aromatic N) is 2. The van der Waals surface area contributed by atoms with E-state index < -0.39 is 0 Å². The minimum absolute atomic E-state index is 0.0743. The average molecular weight is 423 g/mol. The van der Waals surface area contributed by atoms with Gasteiger partial charge in [-0.25, -0.2) is 0 Å². The molecule has 4 aliphatic carbocycles. The van der Waals surface area contributed by atoms with Crippen molar-refractivity contribution in [2.24, 2.45) is 23.2 Å². The van der Waals surface area contributed by atoms with Crippen LogP contribution in [0.5, 0.6) is 0 Å². The van der Waals surface area contributed by atoms with Crippen LogP contribution >= 0.6 is 0 Å². The van der Waals surface area contributed by atoms with Gasteiger partial charge in [0.15, 0.2) is 0 Å². The number of hydrogen-bond donors (Lipinski definition) is 2. The highest BCUT2D eigenvalue weighted by molar-refractivity contribution is 5.82. The Balaban J connectivity index is 1.07. The first-order chi connectivity index (χ1) is 15.0. The van der Waals surface area contributed by atoms with Crippen molar-refractivity contribution in [1.82, 2.24) is 21.0 Å². The number of aromatic nitrogens is 2. The van der Waals surface area contributed by atoms with Crippen LogP contribution in [0.25, 0.3) is 11.4 Å². The summed E-state index contributed by atoms with van der Waals surface area (Å²) in [6.07, 6.45) is 8.66. The molecule has 0 spiro atoms. The number of nitrogens with one attached hydrogen (secondary N) is 2. The van der Waals surface area contributed by atoms with Gasteiger partial charge in [0.05, 0.1) is 0 Å². The summed E-state index contributed by atoms with van der Waals surface area (Å²) >= 11 is 0. The highest BCUT2D eigenvalue weighted by Crippen LogP contribution is 2.61. The molecule has 1 aromatic heterocycles. The van der Waals surface area contributed by atoms with E-state index in [1.54, 1.807) is 0 Å². The predicted molar refractivity (Wildman–Crippen MR) is 114 cm³/mol. The molecule has 31 heavy (non-hydrogen) atoms. The number of hydrazine groups is 1. The molecule has 0 aliphatic heterocycles. The maximum Gasteiger partial charge on any atom is 0.238 e. The first-order valence-electron chi connectivity index (χ1n) is 11.4. The van der Waals surface area contributed by atoms with Gasteiger partial charge in [0.1, 0.15) is 0 Å². The molecule has 0 unspecified atom stereocenters. The number of amides is 2. The summed E-state index contributed by atoms with van der Waals surface area (Å²) in [5.41, 5.74) is 7.38. The summed E-state index contributed by atoms with van der Waals surface area (Å²) in [5, 5.41) is 3.98.